The van der Waals surface area contributed by atoms with E-state index in [0.29, 0.717) is 6.42 Å². The van der Waals surface area contributed by atoms with Crippen LogP contribution in [0.4, 0.5) is 0 Å². The number of aliphatic hydroxyl groups is 1. The molecular formula is C7H10O5. The minimum absolute atomic E-state index is 0.0127. The summed E-state index contributed by atoms with van der Waals surface area (Å²) >= 11 is 0. The van der Waals surface area contributed by atoms with Gasteiger partial charge in [0.1, 0.15) is 0 Å². The summed E-state index contributed by atoms with van der Waals surface area (Å²) in [6.07, 6.45) is -0.551. The number of carboxylic acids is 2. The fourth-order valence-corrected chi connectivity index (χ4v) is 1.58. The molecule has 0 bridgehead atoms. The molecule has 0 radical (unpaired) electrons. The van der Waals surface area contributed by atoms with Crippen molar-refractivity contribution in [1.29, 1.82) is 0 Å². The highest BCUT2D eigenvalue weighted by Gasteiger charge is 2.55. The van der Waals surface area contributed by atoms with Crippen molar-refractivity contribution in [3.8, 4) is 0 Å². The number of rotatable bonds is 2. The van der Waals surface area contributed by atoms with Gasteiger partial charge in [-0.2, -0.15) is 0 Å². The lowest BCUT2D eigenvalue weighted by Crippen LogP contribution is -2.45. The molecule has 1 aliphatic rings. The molecule has 5 heteroatoms. The van der Waals surface area contributed by atoms with Crippen LogP contribution in [-0.2, 0) is 9.59 Å². The van der Waals surface area contributed by atoms with Crippen molar-refractivity contribution < 1.29 is 24.9 Å². The Morgan fingerprint density at radius 2 is 1.75 bits per heavy atom. The van der Waals surface area contributed by atoms with Crippen molar-refractivity contribution >= 4 is 11.9 Å². The van der Waals surface area contributed by atoms with Crippen molar-refractivity contribution in [3.63, 3.8) is 0 Å². The zero-order valence-corrected chi connectivity index (χ0v) is 6.36. The van der Waals surface area contributed by atoms with Gasteiger partial charge < -0.3 is 15.3 Å². The maximum absolute atomic E-state index is 10.6. The normalized spacial score (nSPS) is 26.9. The van der Waals surface area contributed by atoms with Crippen LogP contribution in [0.3, 0.4) is 0 Å². The molecule has 0 aromatic carbocycles. The standard InChI is InChI=1S/C7H10O5/c8-4-2-1-3-7(4,5(9)10)6(11)12/h4,8H,1-3H2,(H,9,10)(H,11,12). The van der Waals surface area contributed by atoms with E-state index in [0.717, 1.165) is 0 Å². The predicted octanol–water partition coefficient (Wildman–Crippen LogP) is -0.313. The van der Waals surface area contributed by atoms with Gasteiger partial charge in [-0.25, -0.2) is 0 Å². The van der Waals surface area contributed by atoms with Gasteiger partial charge in [0.05, 0.1) is 6.10 Å². The van der Waals surface area contributed by atoms with Crippen molar-refractivity contribution in [1.82, 2.24) is 0 Å². The first kappa shape index (κ1) is 8.99. The Bertz CT molecular complexity index is 208. The van der Waals surface area contributed by atoms with Gasteiger partial charge in [-0.05, 0) is 19.3 Å². The fraction of sp³-hybridized carbons (Fsp3) is 0.714. The average Bonchev–Trinajstić information content (AvgIpc) is 2.31. The van der Waals surface area contributed by atoms with Gasteiger partial charge in [-0.15, -0.1) is 0 Å². The highest BCUT2D eigenvalue weighted by Crippen LogP contribution is 2.38. The number of aliphatic hydroxyl groups excluding tert-OH is 1. The van der Waals surface area contributed by atoms with Crippen LogP contribution in [-0.4, -0.2) is 33.4 Å². The minimum atomic E-state index is -1.96. The number of hydrogen-bond donors (Lipinski definition) is 3. The summed E-state index contributed by atoms with van der Waals surface area (Å²) in [6.45, 7) is 0. The van der Waals surface area contributed by atoms with E-state index < -0.39 is 23.5 Å². The molecule has 0 saturated heterocycles. The van der Waals surface area contributed by atoms with Crippen molar-refractivity contribution in [2.24, 2.45) is 5.41 Å². The van der Waals surface area contributed by atoms with E-state index in [1.165, 1.54) is 0 Å². The number of carbonyl (C=O) groups is 2. The van der Waals surface area contributed by atoms with Gasteiger partial charge in [-0.3, -0.25) is 9.59 Å². The minimum Gasteiger partial charge on any atom is -0.480 e. The topological polar surface area (TPSA) is 94.8 Å². The van der Waals surface area contributed by atoms with Gasteiger partial charge in [-0.1, -0.05) is 0 Å². The fourth-order valence-electron chi connectivity index (χ4n) is 1.58. The second-order valence-electron chi connectivity index (χ2n) is 2.99. The first-order valence-electron chi connectivity index (χ1n) is 3.66. The number of hydrogen-bond acceptors (Lipinski definition) is 3. The van der Waals surface area contributed by atoms with Crippen molar-refractivity contribution in [2.75, 3.05) is 0 Å². The Morgan fingerprint density at radius 3 is 1.92 bits per heavy atom. The third kappa shape index (κ3) is 0.972. The zero-order chi connectivity index (χ0) is 9.35. The SMILES string of the molecule is O=C(O)C1(C(=O)O)CCCC1O. The van der Waals surface area contributed by atoms with Gasteiger partial charge in [0.2, 0.25) is 0 Å². The molecule has 0 spiro atoms. The van der Waals surface area contributed by atoms with E-state index >= 15 is 0 Å². The summed E-state index contributed by atoms with van der Waals surface area (Å²) in [5.41, 5.74) is -1.96. The van der Waals surface area contributed by atoms with E-state index in [9.17, 15) is 14.7 Å². The highest BCUT2D eigenvalue weighted by atomic mass is 16.4. The molecule has 1 saturated carbocycles. The molecule has 0 aromatic heterocycles. The van der Waals surface area contributed by atoms with E-state index in [2.05, 4.69) is 0 Å². The first-order valence-corrected chi connectivity index (χ1v) is 3.66. The Kier molecular flexibility index (Phi) is 2.06. The van der Waals surface area contributed by atoms with Gasteiger partial charge in [0.15, 0.2) is 5.41 Å². The molecule has 1 aliphatic carbocycles. The van der Waals surface area contributed by atoms with Crippen LogP contribution >= 0.6 is 0 Å². The number of aliphatic carboxylic acids is 2. The summed E-state index contributed by atoms with van der Waals surface area (Å²) in [5, 5.41) is 26.5. The average molecular weight is 174 g/mol. The summed E-state index contributed by atoms with van der Waals surface area (Å²) in [4.78, 5) is 21.3. The Morgan fingerprint density at radius 1 is 1.25 bits per heavy atom. The second kappa shape index (κ2) is 2.75. The molecule has 0 aromatic rings. The van der Waals surface area contributed by atoms with Crippen LogP contribution in [0.5, 0.6) is 0 Å². The van der Waals surface area contributed by atoms with E-state index in [-0.39, 0.29) is 12.8 Å². The quantitative estimate of drug-likeness (QED) is 0.499. The lowest BCUT2D eigenvalue weighted by atomic mass is 9.84. The maximum Gasteiger partial charge on any atom is 0.323 e. The predicted molar refractivity (Wildman–Crippen MR) is 37.6 cm³/mol. The van der Waals surface area contributed by atoms with Crippen LogP contribution in [0, 0.1) is 5.41 Å². The second-order valence-corrected chi connectivity index (χ2v) is 2.99. The smallest absolute Gasteiger partial charge is 0.323 e. The van der Waals surface area contributed by atoms with E-state index in [1.807, 2.05) is 0 Å². The van der Waals surface area contributed by atoms with Crippen molar-refractivity contribution in [2.45, 2.75) is 25.4 Å². The molecule has 0 heterocycles. The van der Waals surface area contributed by atoms with E-state index in [4.69, 9.17) is 10.2 Å². The van der Waals surface area contributed by atoms with Gasteiger partial charge in [0, 0.05) is 0 Å². The Labute approximate surface area is 68.6 Å². The van der Waals surface area contributed by atoms with Gasteiger partial charge in [0.25, 0.3) is 0 Å². The zero-order valence-electron chi connectivity index (χ0n) is 6.36. The Hall–Kier alpha value is -1.10. The summed E-state index contributed by atoms with van der Waals surface area (Å²) in [7, 11) is 0. The summed E-state index contributed by atoms with van der Waals surface area (Å²) < 4.78 is 0. The molecule has 1 rings (SSSR count). The third-order valence-corrected chi connectivity index (χ3v) is 2.38. The lowest BCUT2D eigenvalue weighted by molar-refractivity contribution is -0.171. The maximum atomic E-state index is 10.6. The van der Waals surface area contributed by atoms with Crippen LogP contribution in [0.1, 0.15) is 19.3 Å². The molecule has 12 heavy (non-hydrogen) atoms. The molecule has 68 valence electrons. The molecule has 0 amide bonds. The lowest BCUT2D eigenvalue weighted by Gasteiger charge is -2.22. The summed E-state index contributed by atoms with van der Waals surface area (Å²) in [5.74, 6) is -2.89. The van der Waals surface area contributed by atoms with Crippen molar-refractivity contribution in [3.05, 3.63) is 0 Å². The molecule has 3 N–H and O–H groups in total. The molecule has 1 atom stereocenters. The molecule has 1 unspecified atom stereocenters. The van der Waals surface area contributed by atoms with Gasteiger partial charge >= 0.3 is 11.9 Å². The monoisotopic (exact) mass is 174 g/mol. The largest absolute Gasteiger partial charge is 0.480 e. The van der Waals surface area contributed by atoms with Crippen LogP contribution in [0.2, 0.25) is 0 Å². The molecule has 5 nitrogen and oxygen atoms in total. The first-order chi connectivity index (χ1) is 5.51. The number of carboxylic acid groups (broad SMARTS) is 2. The van der Waals surface area contributed by atoms with Crippen LogP contribution < -0.4 is 0 Å². The molecule has 1 fully saturated rings. The highest BCUT2D eigenvalue weighted by molar-refractivity contribution is 5.99. The van der Waals surface area contributed by atoms with Crippen LogP contribution in [0.15, 0.2) is 0 Å². The third-order valence-electron chi connectivity index (χ3n) is 2.38. The van der Waals surface area contributed by atoms with Crippen LogP contribution in [0.25, 0.3) is 0 Å². The van der Waals surface area contributed by atoms with E-state index in [1.54, 1.807) is 0 Å². The summed E-state index contributed by atoms with van der Waals surface area (Å²) in [6, 6.07) is 0. The molecular weight excluding hydrogens is 164 g/mol. The Balaban J connectivity index is 3.01. The molecule has 0 aliphatic heterocycles.